The molecule has 136 valence electrons. The molecule has 1 aromatic carbocycles. The molecule has 1 N–H and O–H groups in total. The van der Waals surface area contributed by atoms with Gasteiger partial charge in [0, 0.05) is 18.0 Å². The van der Waals surface area contributed by atoms with Gasteiger partial charge in [-0.15, -0.1) is 11.3 Å². The molecule has 6 heteroatoms. The first-order valence-corrected chi connectivity index (χ1v) is 9.60. The molecule has 4 nitrogen and oxygen atoms in total. The molecule has 0 bridgehead atoms. The summed E-state index contributed by atoms with van der Waals surface area (Å²) in [5, 5.41) is 9.18. The molecule has 1 amide bonds. The van der Waals surface area contributed by atoms with Crippen LogP contribution in [0.25, 0.3) is 10.4 Å². The Hall–Kier alpha value is -2.21. The molecule has 0 radical (unpaired) electrons. The minimum Gasteiger partial charge on any atom is -0.481 e. The van der Waals surface area contributed by atoms with Crippen LogP contribution in [0, 0.1) is 24.1 Å². The van der Waals surface area contributed by atoms with E-state index in [-0.39, 0.29) is 23.1 Å². The molecular formula is C20H20FNO3S. The first-order valence-electron chi connectivity index (χ1n) is 8.78. The lowest BCUT2D eigenvalue weighted by Crippen LogP contribution is -2.39. The van der Waals surface area contributed by atoms with Gasteiger partial charge < -0.3 is 10.0 Å². The lowest BCUT2D eigenvalue weighted by Gasteiger charge is -2.32. The average molecular weight is 373 g/mol. The number of carbonyl (C=O) groups excluding carboxylic acids is 1. The highest BCUT2D eigenvalue weighted by Gasteiger charge is 2.59. The van der Waals surface area contributed by atoms with Crippen molar-refractivity contribution in [2.75, 3.05) is 13.1 Å². The summed E-state index contributed by atoms with van der Waals surface area (Å²) >= 11 is 1.43. The second kappa shape index (κ2) is 6.20. The Labute approximate surface area is 155 Å². The number of halogens is 1. The number of aryl methyl sites for hydroxylation is 1. The van der Waals surface area contributed by atoms with Gasteiger partial charge in [0.2, 0.25) is 0 Å². The van der Waals surface area contributed by atoms with Gasteiger partial charge in [0.1, 0.15) is 5.82 Å². The molecule has 1 spiro atoms. The van der Waals surface area contributed by atoms with E-state index in [4.69, 9.17) is 0 Å². The van der Waals surface area contributed by atoms with Crippen LogP contribution >= 0.6 is 11.3 Å². The normalized spacial score (nSPS) is 21.0. The maximum atomic E-state index is 13.1. The minimum absolute atomic E-state index is 0.00818. The summed E-state index contributed by atoms with van der Waals surface area (Å²) in [6.45, 7) is 3.19. The second-order valence-electron chi connectivity index (χ2n) is 7.38. The summed E-state index contributed by atoms with van der Waals surface area (Å²) in [5.41, 5.74) is 1.84. The SMILES string of the molecule is Cc1cc(C(=O)N2CCC3(CC2)CC3C(=O)O)sc1-c1ccc(F)cc1. The average Bonchev–Trinajstić information content (AvgIpc) is 3.19. The molecule has 1 aliphatic heterocycles. The minimum atomic E-state index is -0.706. The Balaban J connectivity index is 1.47. The smallest absolute Gasteiger partial charge is 0.307 e. The molecule has 2 aliphatic rings. The number of aliphatic carboxylic acids is 1. The van der Waals surface area contributed by atoms with Crippen LogP contribution in [0.3, 0.4) is 0 Å². The van der Waals surface area contributed by atoms with Gasteiger partial charge >= 0.3 is 5.97 Å². The Kier molecular flexibility index (Phi) is 4.10. The maximum absolute atomic E-state index is 13.1. The van der Waals surface area contributed by atoms with Gasteiger partial charge in [0.15, 0.2) is 0 Å². The molecule has 1 saturated carbocycles. The van der Waals surface area contributed by atoms with Crippen molar-refractivity contribution in [1.29, 1.82) is 0 Å². The van der Waals surface area contributed by atoms with Crippen LogP contribution in [0.5, 0.6) is 0 Å². The van der Waals surface area contributed by atoms with Crippen molar-refractivity contribution >= 4 is 23.2 Å². The van der Waals surface area contributed by atoms with Crippen molar-refractivity contribution < 1.29 is 19.1 Å². The van der Waals surface area contributed by atoms with E-state index >= 15 is 0 Å². The highest BCUT2D eigenvalue weighted by atomic mass is 32.1. The fourth-order valence-electron chi connectivity index (χ4n) is 4.04. The van der Waals surface area contributed by atoms with Crippen LogP contribution in [0.15, 0.2) is 30.3 Å². The maximum Gasteiger partial charge on any atom is 0.307 e. The van der Waals surface area contributed by atoms with Gasteiger partial charge in [0.25, 0.3) is 5.91 Å². The third kappa shape index (κ3) is 2.92. The molecule has 1 saturated heterocycles. The van der Waals surface area contributed by atoms with Gasteiger partial charge in [-0.3, -0.25) is 9.59 Å². The summed E-state index contributed by atoms with van der Waals surface area (Å²) in [7, 11) is 0. The number of amides is 1. The number of piperidine rings is 1. The largest absolute Gasteiger partial charge is 0.481 e. The number of carboxylic acid groups (broad SMARTS) is 1. The van der Waals surface area contributed by atoms with Gasteiger partial charge in [-0.1, -0.05) is 12.1 Å². The zero-order valence-corrected chi connectivity index (χ0v) is 15.3. The van der Waals surface area contributed by atoms with Crippen LogP contribution in [0.4, 0.5) is 4.39 Å². The molecule has 2 aromatic rings. The molecular weight excluding hydrogens is 353 g/mol. The molecule has 26 heavy (non-hydrogen) atoms. The quantitative estimate of drug-likeness (QED) is 0.878. The molecule has 2 heterocycles. The summed E-state index contributed by atoms with van der Waals surface area (Å²) in [5.74, 6) is -1.20. The van der Waals surface area contributed by atoms with Crippen molar-refractivity contribution in [2.24, 2.45) is 11.3 Å². The third-order valence-electron chi connectivity index (χ3n) is 5.77. The fraction of sp³-hybridized carbons (Fsp3) is 0.400. The molecule has 1 aliphatic carbocycles. The molecule has 1 aromatic heterocycles. The Morgan fingerprint density at radius 3 is 2.46 bits per heavy atom. The number of hydrogen-bond donors (Lipinski definition) is 1. The number of thiophene rings is 1. The lowest BCUT2D eigenvalue weighted by atomic mass is 9.91. The number of carboxylic acids is 1. The van der Waals surface area contributed by atoms with Crippen LogP contribution in [0.2, 0.25) is 0 Å². The zero-order chi connectivity index (χ0) is 18.5. The van der Waals surface area contributed by atoms with Crippen LogP contribution in [0.1, 0.15) is 34.5 Å². The highest BCUT2D eigenvalue weighted by Crippen LogP contribution is 2.59. The molecule has 1 atom stereocenters. The number of likely N-dealkylation sites (tertiary alicyclic amines) is 1. The topological polar surface area (TPSA) is 57.6 Å². The first kappa shape index (κ1) is 17.2. The van der Waals surface area contributed by atoms with Crippen molar-refractivity contribution in [3.63, 3.8) is 0 Å². The Morgan fingerprint density at radius 1 is 1.23 bits per heavy atom. The second-order valence-corrected chi connectivity index (χ2v) is 8.43. The number of hydrogen-bond acceptors (Lipinski definition) is 3. The van der Waals surface area contributed by atoms with Crippen molar-refractivity contribution in [1.82, 2.24) is 4.90 Å². The van der Waals surface area contributed by atoms with Crippen LogP contribution in [-0.4, -0.2) is 35.0 Å². The van der Waals surface area contributed by atoms with Crippen molar-refractivity contribution in [3.8, 4) is 10.4 Å². The lowest BCUT2D eigenvalue weighted by molar-refractivity contribution is -0.139. The summed E-state index contributed by atoms with van der Waals surface area (Å²) < 4.78 is 13.1. The number of rotatable bonds is 3. The standard InChI is InChI=1S/C20H20FNO3S/c1-12-10-16(26-17(12)13-2-4-14(21)5-3-13)18(23)22-8-6-20(7-9-22)11-15(20)19(24)25/h2-5,10,15H,6-9,11H2,1H3,(H,24,25). The van der Waals surface area contributed by atoms with Gasteiger partial charge in [-0.25, -0.2) is 4.39 Å². The van der Waals surface area contributed by atoms with Crippen LogP contribution < -0.4 is 0 Å². The summed E-state index contributed by atoms with van der Waals surface area (Å²) in [4.78, 5) is 27.5. The number of benzene rings is 1. The predicted octanol–water partition coefficient (Wildman–Crippen LogP) is 4.19. The van der Waals surface area contributed by atoms with E-state index in [0.29, 0.717) is 18.0 Å². The van der Waals surface area contributed by atoms with E-state index in [9.17, 15) is 19.1 Å². The molecule has 2 fully saturated rings. The van der Waals surface area contributed by atoms with E-state index in [0.717, 1.165) is 35.3 Å². The van der Waals surface area contributed by atoms with Gasteiger partial charge in [0.05, 0.1) is 10.8 Å². The summed E-state index contributed by atoms with van der Waals surface area (Å²) in [6, 6.07) is 8.20. The van der Waals surface area contributed by atoms with E-state index < -0.39 is 5.97 Å². The van der Waals surface area contributed by atoms with Gasteiger partial charge in [-0.2, -0.15) is 0 Å². The first-order chi connectivity index (χ1) is 12.4. The Morgan fingerprint density at radius 2 is 1.88 bits per heavy atom. The van der Waals surface area contributed by atoms with E-state index in [2.05, 4.69) is 0 Å². The van der Waals surface area contributed by atoms with Crippen LogP contribution in [-0.2, 0) is 4.79 Å². The molecule has 4 rings (SSSR count). The third-order valence-corrected chi connectivity index (χ3v) is 7.04. The monoisotopic (exact) mass is 373 g/mol. The van der Waals surface area contributed by atoms with Crippen molar-refractivity contribution in [3.05, 3.63) is 46.6 Å². The van der Waals surface area contributed by atoms with E-state index in [1.807, 2.05) is 17.9 Å². The Bertz CT molecular complexity index is 866. The highest BCUT2D eigenvalue weighted by molar-refractivity contribution is 7.17. The van der Waals surface area contributed by atoms with E-state index in [1.165, 1.54) is 23.5 Å². The number of carbonyl (C=O) groups is 2. The number of nitrogens with zero attached hydrogens (tertiary/aromatic N) is 1. The molecule has 1 unspecified atom stereocenters. The van der Waals surface area contributed by atoms with Gasteiger partial charge in [-0.05, 0) is 60.9 Å². The van der Waals surface area contributed by atoms with E-state index in [1.54, 1.807) is 12.1 Å². The predicted molar refractivity (Wildman–Crippen MR) is 97.8 cm³/mol. The fourth-order valence-corrected chi connectivity index (χ4v) is 5.18. The summed E-state index contributed by atoms with van der Waals surface area (Å²) in [6.07, 6.45) is 2.28. The zero-order valence-electron chi connectivity index (χ0n) is 14.5. The van der Waals surface area contributed by atoms with Crippen molar-refractivity contribution in [2.45, 2.75) is 26.2 Å².